The van der Waals surface area contributed by atoms with Crippen LogP contribution in [0.2, 0.25) is 0 Å². The average Bonchev–Trinajstić information content (AvgIpc) is 2.36. The summed E-state index contributed by atoms with van der Waals surface area (Å²) in [5.74, 6) is 1.92. The van der Waals surface area contributed by atoms with E-state index in [2.05, 4.69) is 33.7 Å². The van der Waals surface area contributed by atoms with Crippen LogP contribution >= 0.6 is 0 Å². The minimum Gasteiger partial charge on any atom is -0.360 e. The van der Waals surface area contributed by atoms with Gasteiger partial charge in [-0.25, -0.2) is 9.97 Å². The average molecular weight is 237 g/mol. The Kier molecular flexibility index (Phi) is 5.69. The molecule has 0 aliphatic carbocycles. The van der Waals surface area contributed by atoms with Gasteiger partial charge in [0.15, 0.2) is 0 Å². The van der Waals surface area contributed by atoms with Crippen LogP contribution in [0, 0.1) is 0 Å². The van der Waals surface area contributed by atoms with Crippen molar-refractivity contribution in [2.75, 3.05) is 43.5 Å². The van der Waals surface area contributed by atoms with Crippen molar-refractivity contribution in [1.29, 1.82) is 0 Å². The third-order valence-corrected chi connectivity index (χ3v) is 2.68. The van der Waals surface area contributed by atoms with E-state index in [1.54, 1.807) is 6.33 Å². The molecule has 1 rings (SSSR count). The van der Waals surface area contributed by atoms with E-state index >= 15 is 0 Å². The maximum atomic E-state index is 5.50. The normalized spacial score (nSPS) is 10.4. The van der Waals surface area contributed by atoms with Crippen molar-refractivity contribution in [2.45, 2.75) is 19.8 Å². The number of hydrogen-bond acceptors (Lipinski definition) is 5. The largest absolute Gasteiger partial charge is 0.360 e. The van der Waals surface area contributed by atoms with Gasteiger partial charge in [-0.1, -0.05) is 6.92 Å². The maximum absolute atomic E-state index is 5.50. The zero-order chi connectivity index (χ0) is 12.7. The quantitative estimate of drug-likeness (QED) is 0.770. The molecule has 0 aliphatic rings. The fourth-order valence-corrected chi connectivity index (χ4v) is 1.65. The standard InChI is InChI=1S/C12H23N5/c1-4-7-16(2)11-9-12(15-10-14-11)17(3)8-5-6-13/h9-10H,4-8,13H2,1-3H3. The smallest absolute Gasteiger partial charge is 0.133 e. The van der Waals surface area contributed by atoms with Crippen molar-refractivity contribution < 1.29 is 0 Å². The highest BCUT2D eigenvalue weighted by molar-refractivity contribution is 5.49. The second kappa shape index (κ2) is 7.06. The Balaban J connectivity index is 2.70. The Hall–Kier alpha value is -1.36. The van der Waals surface area contributed by atoms with Crippen molar-refractivity contribution in [3.05, 3.63) is 12.4 Å². The molecule has 1 heterocycles. The maximum Gasteiger partial charge on any atom is 0.133 e. The van der Waals surface area contributed by atoms with Gasteiger partial charge >= 0.3 is 0 Å². The Morgan fingerprint density at radius 3 is 2.24 bits per heavy atom. The molecule has 0 aromatic carbocycles. The molecular formula is C12H23N5. The van der Waals surface area contributed by atoms with E-state index in [1.165, 1.54) is 0 Å². The highest BCUT2D eigenvalue weighted by Crippen LogP contribution is 2.15. The molecule has 0 bridgehead atoms. The first kappa shape index (κ1) is 13.7. The predicted molar refractivity (Wildman–Crippen MR) is 72.5 cm³/mol. The third kappa shape index (κ3) is 4.19. The van der Waals surface area contributed by atoms with Crippen LogP contribution in [-0.2, 0) is 0 Å². The summed E-state index contributed by atoms with van der Waals surface area (Å²) in [5.41, 5.74) is 5.50. The minimum atomic E-state index is 0.706. The molecular weight excluding hydrogens is 214 g/mol. The molecule has 1 aromatic heterocycles. The summed E-state index contributed by atoms with van der Waals surface area (Å²) >= 11 is 0. The molecule has 0 atom stereocenters. The number of rotatable bonds is 7. The molecule has 0 fully saturated rings. The molecule has 0 amide bonds. The van der Waals surface area contributed by atoms with Crippen LogP contribution in [0.3, 0.4) is 0 Å². The van der Waals surface area contributed by atoms with E-state index in [0.717, 1.165) is 37.6 Å². The predicted octanol–water partition coefficient (Wildman–Crippen LogP) is 1.11. The van der Waals surface area contributed by atoms with E-state index in [4.69, 9.17) is 5.73 Å². The van der Waals surface area contributed by atoms with Crippen LogP contribution in [0.15, 0.2) is 12.4 Å². The first-order valence-electron chi connectivity index (χ1n) is 6.13. The minimum absolute atomic E-state index is 0.706. The van der Waals surface area contributed by atoms with Gasteiger partial charge in [0.1, 0.15) is 18.0 Å². The van der Waals surface area contributed by atoms with Crippen LogP contribution in [0.1, 0.15) is 19.8 Å². The molecule has 17 heavy (non-hydrogen) atoms. The summed E-state index contributed by atoms with van der Waals surface area (Å²) in [6.07, 6.45) is 3.70. The van der Waals surface area contributed by atoms with E-state index in [1.807, 2.05) is 13.1 Å². The second-order valence-electron chi connectivity index (χ2n) is 4.22. The van der Waals surface area contributed by atoms with Crippen LogP contribution < -0.4 is 15.5 Å². The van der Waals surface area contributed by atoms with Gasteiger partial charge in [-0.15, -0.1) is 0 Å². The second-order valence-corrected chi connectivity index (χ2v) is 4.22. The van der Waals surface area contributed by atoms with Crippen LogP contribution in [-0.4, -0.2) is 43.7 Å². The highest BCUT2D eigenvalue weighted by atomic mass is 15.2. The zero-order valence-corrected chi connectivity index (χ0v) is 11.1. The van der Waals surface area contributed by atoms with Gasteiger partial charge in [-0.3, -0.25) is 0 Å². The summed E-state index contributed by atoms with van der Waals surface area (Å²) in [4.78, 5) is 12.8. The molecule has 5 heteroatoms. The SMILES string of the molecule is CCCN(C)c1cc(N(C)CCCN)ncn1. The summed E-state index contributed by atoms with van der Waals surface area (Å²) in [6, 6.07) is 2.02. The van der Waals surface area contributed by atoms with Gasteiger partial charge in [0.25, 0.3) is 0 Å². The number of nitrogens with zero attached hydrogens (tertiary/aromatic N) is 4. The molecule has 5 nitrogen and oxygen atoms in total. The molecule has 0 aliphatic heterocycles. The lowest BCUT2D eigenvalue weighted by Gasteiger charge is -2.21. The molecule has 1 aromatic rings. The Labute approximate surface area is 104 Å². The van der Waals surface area contributed by atoms with Crippen molar-refractivity contribution in [2.24, 2.45) is 5.73 Å². The first-order chi connectivity index (χ1) is 8.19. The monoisotopic (exact) mass is 237 g/mol. The van der Waals surface area contributed by atoms with Gasteiger partial charge in [-0.2, -0.15) is 0 Å². The van der Waals surface area contributed by atoms with Gasteiger partial charge in [0, 0.05) is 33.3 Å². The Bertz CT molecular complexity index is 328. The lowest BCUT2D eigenvalue weighted by Crippen LogP contribution is -2.24. The lowest BCUT2D eigenvalue weighted by atomic mass is 10.3. The van der Waals surface area contributed by atoms with Gasteiger partial charge in [-0.05, 0) is 19.4 Å². The van der Waals surface area contributed by atoms with E-state index in [-0.39, 0.29) is 0 Å². The summed E-state index contributed by atoms with van der Waals surface area (Å²) in [6.45, 7) is 4.79. The van der Waals surface area contributed by atoms with Crippen LogP contribution in [0.4, 0.5) is 11.6 Å². The molecule has 0 saturated heterocycles. The van der Waals surface area contributed by atoms with Crippen molar-refractivity contribution in [1.82, 2.24) is 9.97 Å². The van der Waals surface area contributed by atoms with E-state index in [9.17, 15) is 0 Å². The van der Waals surface area contributed by atoms with Gasteiger partial charge in [0.05, 0.1) is 0 Å². The summed E-state index contributed by atoms with van der Waals surface area (Å²) in [5, 5.41) is 0. The fraction of sp³-hybridized carbons (Fsp3) is 0.667. The molecule has 2 N–H and O–H groups in total. The first-order valence-corrected chi connectivity index (χ1v) is 6.13. The Morgan fingerprint density at radius 2 is 1.71 bits per heavy atom. The fourth-order valence-electron chi connectivity index (χ4n) is 1.65. The molecule has 96 valence electrons. The van der Waals surface area contributed by atoms with Crippen LogP contribution in [0.25, 0.3) is 0 Å². The van der Waals surface area contributed by atoms with Crippen molar-refractivity contribution >= 4 is 11.6 Å². The molecule has 0 saturated carbocycles. The van der Waals surface area contributed by atoms with E-state index in [0.29, 0.717) is 6.54 Å². The lowest BCUT2D eigenvalue weighted by molar-refractivity contribution is 0.781. The highest BCUT2D eigenvalue weighted by Gasteiger charge is 2.06. The van der Waals surface area contributed by atoms with Gasteiger partial charge in [0.2, 0.25) is 0 Å². The molecule has 0 radical (unpaired) electrons. The third-order valence-electron chi connectivity index (χ3n) is 2.68. The molecule has 0 unspecified atom stereocenters. The number of anilines is 2. The van der Waals surface area contributed by atoms with Crippen molar-refractivity contribution in [3.8, 4) is 0 Å². The van der Waals surface area contributed by atoms with Crippen molar-refractivity contribution in [3.63, 3.8) is 0 Å². The number of nitrogens with two attached hydrogens (primary N) is 1. The van der Waals surface area contributed by atoms with Gasteiger partial charge < -0.3 is 15.5 Å². The topological polar surface area (TPSA) is 58.3 Å². The Morgan fingerprint density at radius 1 is 1.12 bits per heavy atom. The van der Waals surface area contributed by atoms with E-state index < -0.39 is 0 Å². The summed E-state index contributed by atoms with van der Waals surface area (Å²) < 4.78 is 0. The molecule has 0 spiro atoms. The number of aromatic nitrogens is 2. The zero-order valence-electron chi connectivity index (χ0n) is 11.1. The van der Waals surface area contributed by atoms with Crippen LogP contribution in [0.5, 0.6) is 0 Å². The number of hydrogen-bond donors (Lipinski definition) is 1. The summed E-state index contributed by atoms with van der Waals surface area (Å²) in [7, 11) is 4.08.